The fraction of sp³-hybridized carbons (Fsp3) is 0.769. The smallest absolute Gasteiger partial charge is 0.246 e. The topological polar surface area (TPSA) is 90.0 Å². The third-order valence-corrected chi connectivity index (χ3v) is 6.23. The summed E-state index contributed by atoms with van der Waals surface area (Å²) in [5.41, 5.74) is 5.62. The second kappa shape index (κ2) is 4.46. The first-order valence-electron chi connectivity index (χ1n) is 6.89. The Hall–Kier alpha value is -1.08. The second-order valence-corrected chi connectivity index (χ2v) is 8.32. The van der Waals surface area contributed by atoms with Crippen molar-refractivity contribution in [3.63, 3.8) is 0 Å². The van der Waals surface area contributed by atoms with Gasteiger partial charge in [-0.05, 0) is 17.3 Å². The summed E-state index contributed by atoms with van der Waals surface area (Å²) in [7, 11) is -3.63. The highest BCUT2D eigenvalue weighted by Gasteiger charge is 2.66. The molecule has 6 nitrogen and oxygen atoms in total. The van der Waals surface area contributed by atoms with Gasteiger partial charge < -0.3 is 5.73 Å². The summed E-state index contributed by atoms with van der Waals surface area (Å²) in [5.74, 6) is 0.0576. The first-order chi connectivity index (χ1) is 9.04. The summed E-state index contributed by atoms with van der Waals surface area (Å²) >= 11 is 0. The summed E-state index contributed by atoms with van der Waals surface area (Å²) in [4.78, 5) is 0.0736. The van der Waals surface area contributed by atoms with Gasteiger partial charge in [-0.15, -0.1) is 0 Å². The Morgan fingerprint density at radius 3 is 2.35 bits per heavy atom. The van der Waals surface area contributed by atoms with Crippen LogP contribution in [0.15, 0.2) is 11.1 Å². The maximum Gasteiger partial charge on any atom is 0.246 e. The summed E-state index contributed by atoms with van der Waals surface area (Å²) in [6, 6.07) is -0.0890. The van der Waals surface area contributed by atoms with Crippen molar-refractivity contribution in [2.24, 2.45) is 10.8 Å². The molecule has 0 atom stereocenters. The lowest BCUT2D eigenvalue weighted by molar-refractivity contribution is 0.457. The van der Waals surface area contributed by atoms with Crippen LogP contribution in [0.2, 0.25) is 0 Å². The summed E-state index contributed by atoms with van der Waals surface area (Å²) in [6.45, 7) is 10.9. The van der Waals surface area contributed by atoms with Crippen LogP contribution in [0.25, 0.3) is 0 Å². The van der Waals surface area contributed by atoms with Crippen LogP contribution in [0, 0.1) is 10.8 Å². The lowest BCUT2D eigenvalue weighted by atomic mass is 10.0. The molecule has 1 aromatic rings. The van der Waals surface area contributed by atoms with E-state index >= 15 is 0 Å². The average molecular weight is 300 g/mol. The Morgan fingerprint density at radius 2 is 1.90 bits per heavy atom. The van der Waals surface area contributed by atoms with Crippen LogP contribution >= 0.6 is 0 Å². The zero-order valence-electron chi connectivity index (χ0n) is 12.8. The highest BCUT2D eigenvalue weighted by atomic mass is 32.2. The Kier molecular flexibility index (Phi) is 3.41. The molecule has 1 aromatic heterocycles. The van der Waals surface area contributed by atoms with E-state index in [-0.39, 0.29) is 27.6 Å². The van der Waals surface area contributed by atoms with Crippen molar-refractivity contribution in [3.8, 4) is 0 Å². The van der Waals surface area contributed by atoms with Gasteiger partial charge in [0.25, 0.3) is 0 Å². The van der Waals surface area contributed by atoms with E-state index in [1.807, 2.05) is 6.92 Å². The normalized spacial score (nSPS) is 21.1. The maximum absolute atomic E-state index is 12.5. The van der Waals surface area contributed by atoms with Gasteiger partial charge in [-0.2, -0.15) is 5.10 Å². The molecule has 1 heterocycles. The fourth-order valence-electron chi connectivity index (χ4n) is 2.68. The van der Waals surface area contributed by atoms with Crippen molar-refractivity contribution < 1.29 is 8.42 Å². The molecule has 1 saturated carbocycles. The quantitative estimate of drug-likeness (QED) is 0.864. The Bertz CT molecular complexity index is 602. The predicted molar refractivity (Wildman–Crippen MR) is 78.6 cm³/mol. The third kappa shape index (κ3) is 2.22. The van der Waals surface area contributed by atoms with Crippen LogP contribution in [0.1, 0.15) is 41.0 Å². The van der Waals surface area contributed by atoms with E-state index in [4.69, 9.17) is 5.73 Å². The Balaban J connectivity index is 2.24. The van der Waals surface area contributed by atoms with Gasteiger partial charge in [0.05, 0.1) is 0 Å². The van der Waals surface area contributed by atoms with Gasteiger partial charge in [0.2, 0.25) is 10.0 Å². The molecule has 0 bridgehead atoms. The van der Waals surface area contributed by atoms with Gasteiger partial charge in [0.15, 0.2) is 5.82 Å². The van der Waals surface area contributed by atoms with Gasteiger partial charge in [0, 0.05) is 18.8 Å². The molecule has 1 fully saturated rings. The third-order valence-electron chi connectivity index (χ3n) is 4.79. The van der Waals surface area contributed by atoms with Gasteiger partial charge in [-0.3, -0.25) is 4.68 Å². The van der Waals surface area contributed by atoms with E-state index in [9.17, 15) is 8.42 Å². The minimum Gasteiger partial charge on any atom is -0.381 e. The number of hydrogen-bond donors (Lipinski definition) is 2. The monoisotopic (exact) mass is 300 g/mol. The molecule has 7 heteroatoms. The molecule has 1 aliphatic carbocycles. The van der Waals surface area contributed by atoms with E-state index < -0.39 is 10.0 Å². The lowest BCUT2D eigenvalue weighted by Crippen LogP contribution is -2.30. The zero-order valence-corrected chi connectivity index (χ0v) is 13.6. The minimum absolute atomic E-state index is 0.0576. The molecule has 0 aliphatic heterocycles. The maximum atomic E-state index is 12.5. The molecule has 1 aliphatic rings. The number of hydrogen-bond acceptors (Lipinski definition) is 4. The van der Waals surface area contributed by atoms with E-state index in [1.54, 1.807) is 4.68 Å². The van der Waals surface area contributed by atoms with Crippen molar-refractivity contribution in [2.75, 3.05) is 5.73 Å². The fourth-order valence-corrected chi connectivity index (χ4v) is 4.28. The Labute approximate surface area is 120 Å². The summed E-state index contributed by atoms with van der Waals surface area (Å²) in [6.07, 6.45) is 2.38. The number of anilines is 1. The first kappa shape index (κ1) is 15.3. The molecule has 0 spiro atoms. The average Bonchev–Trinajstić information content (AvgIpc) is 2.64. The van der Waals surface area contributed by atoms with Crippen molar-refractivity contribution in [1.29, 1.82) is 0 Å². The molecular weight excluding hydrogens is 276 g/mol. The molecule has 114 valence electrons. The highest BCUT2D eigenvalue weighted by molar-refractivity contribution is 7.89. The molecule has 0 unspecified atom stereocenters. The van der Waals surface area contributed by atoms with E-state index in [1.165, 1.54) is 6.20 Å². The number of nitrogens with one attached hydrogen (secondary N) is 1. The highest BCUT2D eigenvalue weighted by Crippen LogP contribution is 2.62. The van der Waals surface area contributed by atoms with Gasteiger partial charge in [-0.1, -0.05) is 34.6 Å². The minimum atomic E-state index is -3.63. The zero-order chi connectivity index (χ0) is 15.3. The van der Waals surface area contributed by atoms with Gasteiger partial charge in [-0.25, -0.2) is 13.1 Å². The predicted octanol–water partition coefficient (Wildman–Crippen LogP) is 1.59. The van der Waals surface area contributed by atoms with Crippen LogP contribution in [0.4, 0.5) is 5.82 Å². The summed E-state index contributed by atoms with van der Waals surface area (Å²) in [5, 5.41) is 4.04. The van der Waals surface area contributed by atoms with Crippen molar-refractivity contribution in [2.45, 2.75) is 58.5 Å². The largest absolute Gasteiger partial charge is 0.381 e. The first-order valence-corrected chi connectivity index (χ1v) is 8.37. The molecule has 0 amide bonds. The van der Waals surface area contributed by atoms with Crippen LogP contribution in [0.3, 0.4) is 0 Å². The molecule has 0 saturated heterocycles. The molecule has 2 rings (SSSR count). The van der Waals surface area contributed by atoms with Crippen LogP contribution in [-0.4, -0.2) is 24.2 Å². The van der Waals surface area contributed by atoms with E-state index in [0.717, 1.165) is 6.42 Å². The number of nitrogens with zero attached hydrogens (tertiary/aromatic N) is 2. The Morgan fingerprint density at radius 1 is 1.35 bits per heavy atom. The molecular formula is C13H24N4O2S. The summed E-state index contributed by atoms with van der Waals surface area (Å²) < 4.78 is 29.2. The SMILES string of the molecule is CCCn1cc(S(=O)(=O)NC2C(C)(C)C2(C)C)c(N)n1. The molecule has 3 N–H and O–H groups in total. The van der Waals surface area contributed by atoms with Gasteiger partial charge in [0.1, 0.15) is 4.90 Å². The number of rotatable bonds is 5. The number of nitrogen functional groups attached to an aromatic ring is 1. The van der Waals surface area contributed by atoms with Crippen molar-refractivity contribution in [1.82, 2.24) is 14.5 Å². The van der Waals surface area contributed by atoms with Crippen LogP contribution < -0.4 is 10.5 Å². The standard InChI is InChI=1S/C13H24N4O2S/c1-6-7-17-8-9(10(14)15-17)20(18,19)16-11-12(2,3)13(11,4)5/h8,11,16H,6-7H2,1-5H3,(H2,14,15). The van der Waals surface area contributed by atoms with Crippen molar-refractivity contribution >= 4 is 15.8 Å². The second-order valence-electron chi connectivity index (χ2n) is 6.64. The number of aryl methyl sites for hydroxylation is 1. The van der Waals surface area contributed by atoms with Crippen LogP contribution in [0.5, 0.6) is 0 Å². The number of sulfonamides is 1. The number of aromatic nitrogens is 2. The van der Waals surface area contributed by atoms with E-state index in [2.05, 4.69) is 37.5 Å². The number of nitrogens with two attached hydrogens (primary N) is 1. The van der Waals surface area contributed by atoms with Crippen LogP contribution in [-0.2, 0) is 16.6 Å². The molecule has 20 heavy (non-hydrogen) atoms. The molecule has 0 aromatic carbocycles. The van der Waals surface area contributed by atoms with E-state index in [0.29, 0.717) is 6.54 Å². The molecule has 0 radical (unpaired) electrons. The van der Waals surface area contributed by atoms with Crippen molar-refractivity contribution in [3.05, 3.63) is 6.20 Å². The lowest BCUT2D eigenvalue weighted by Gasteiger charge is -2.06. The van der Waals surface area contributed by atoms with Gasteiger partial charge >= 0.3 is 0 Å².